The highest BCUT2D eigenvalue weighted by atomic mass is 16.5. The second-order valence-electron chi connectivity index (χ2n) is 5.77. The molecule has 3 rings (SSSR count). The van der Waals surface area contributed by atoms with Gasteiger partial charge < -0.3 is 10.1 Å². The number of nitrogens with zero attached hydrogens (tertiary/aromatic N) is 2. The van der Waals surface area contributed by atoms with Crippen LogP contribution in [0.4, 0.5) is 0 Å². The highest BCUT2D eigenvalue weighted by Crippen LogP contribution is 2.24. The van der Waals surface area contributed by atoms with Crippen LogP contribution in [0.5, 0.6) is 5.88 Å². The zero-order valence-electron chi connectivity index (χ0n) is 14.2. The van der Waals surface area contributed by atoms with Crippen molar-refractivity contribution in [3.63, 3.8) is 0 Å². The van der Waals surface area contributed by atoms with Crippen LogP contribution in [0.2, 0.25) is 0 Å². The highest BCUT2D eigenvalue weighted by Gasteiger charge is 2.19. The number of aromatic amines is 1. The molecule has 2 N–H and O–H groups in total. The standard InChI is InChI=1S/C18H20N4O2/c1-10(17-11(2)21-22-12(17)3)19-18(23)14-9-16(24-4)20-15-8-6-5-7-13(14)15/h5-10H,1-4H3,(H,19,23)(H,21,22)/t10-/m0/s1. The van der Waals surface area contributed by atoms with Gasteiger partial charge in [0.1, 0.15) is 0 Å². The minimum Gasteiger partial charge on any atom is -0.481 e. The van der Waals surface area contributed by atoms with Gasteiger partial charge in [0.2, 0.25) is 5.88 Å². The molecule has 2 aromatic heterocycles. The third kappa shape index (κ3) is 2.82. The van der Waals surface area contributed by atoms with Crippen LogP contribution < -0.4 is 10.1 Å². The summed E-state index contributed by atoms with van der Waals surface area (Å²) < 4.78 is 5.22. The third-order valence-electron chi connectivity index (χ3n) is 4.11. The van der Waals surface area contributed by atoms with Crippen LogP contribution in [0.15, 0.2) is 30.3 Å². The van der Waals surface area contributed by atoms with Crippen LogP contribution in [0, 0.1) is 13.8 Å². The first kappa shape index (κ1) is 16.0. The Hall–Kier alpha value is -2.89. The maximum absolute atomic E-state index is 12.8. The van der Waals surface area contributed by atoms with Crippen LogP contribution in [-0.4, -0.2) is 28.2 Å². The number of para-hydroxylation sites is 1. The molecular weight excluding hydrogens is 304 g/mol. The molecule has 0 unspecified atom stereocenters. The molecule has 0 bridgehead atoms. The molecule has 24 heavy (non-hydrogen) atoms. The number of nitrogens with one attached hydrogen (secondary N) is 2. The topological polar surface area (TPSA) is 79.9 Å². The van der Waals surface area contributed by atoms with Gasteiger partial charge in [0, 0.05) is 22.7 Å². The van der Waals surface area contributed by atoms with E-state index in [-0.39, 0.29) is 11.9 Å². The Morgan fingerprint density at radius 2 is 2.04 bits per heavy atom. The van der Waals surface area contributed by atoms with Gasteiger partial charge in [-0.1, -0.05) is 18.2 Å². The number of carbonyl (C=O) groups is 1. The molecule has 1 aromatic carbocycles. The average molecular weight is 324 g/mol. The van der Waals surface area contributed by atoms with Crippen molar-refractivity contribution in [3.8, 4) is 5.88 Å². The normalized spacial score (nSPS) is 12.2. The molecular formula is C18H20N4O2. The fourth-order valence-electron chi connectivity index (χ4n) is 2.99. The summed E-state index contributed by atoms with van der Waals surface area (Å²) in [6.07, 6.45) is 0. The van der Waals surface area contributed by atoms with E-state index in [2.05, 4.69) is 20.5 Å². The van der Waals surface area contributed by atoms with Gasteiger partial charge in [-0.25, -0.2) is 4.98 Å². The van der Waals surface area contributed by atoms with Crippen molar-refractivity contribution in [1.82, 2.24) is 20.5 Å². The van der Waals surface area contributed by atoms with E-state index < -0.39 is 0 Å². The first-order valence-corrected chi connectivity index (χ1v) is 7.77. The van der Waals surface area contributed by atoms with Crippen LogP contribution in [0.25, 0.3) is 10.9 Å². The van der Waals surface area contributed by atoms with Crippen LogP contribution in [0.3, 0.4) is 0 Å². The second kappa shape index (κ2) is 6.31. The highest BCUT2D eigenvalue weighted by molar-refractivity contribution is 6.06. The SMILES string of the molecule is COc1cc(C(=O)N[C@@H](C)c2c(C)n[nH]c2C)c2ccccc2n1. The van der Waals surface area contributed by atoms with Gasteiger partial charge in [0.15, 0.2) is 0 Å². The molecule has 1 amide bonds. The quantitative estimate of drug-likeness (QED) is 0.773. The molecule has 0 spiro atoms. The van der Waals surface area contributed by atoms with Crippen LogP contribution in [-0.2, 0) is 0 Å². The third-order valence-corrected chi connectivity index (χ3v) is 4.11. The summed E-state index contributed by atoms with van der Waals surface area (Å²) in [5.74, 6) is 0.251. The van der Waals surface area contributed by atoms with Gasteiger partial charge in [0.05, 0.1) is 29.9 Å². The molecule has 6 nitrogen and oxygen atoms in total. The van der Waals surface area contributed by atoms with Gasteiger partial charge in [-0.3, -0.25) is 9.89 Å². The molecule has 0 aliphatic rings. The Kier molecular flexibility index (Phi) is 4.20. The molecule has 6 heteroatoms. The first-order valence-electron chi connectivity index (χ1n) is 7.77. The molecule has 124 valence electrons. The summed E-state index contributed by atoms with van der Waals surface area (Å²) in [6.45, 7) is 5.82. The van der Waals surface area contributed by atoms with E-state index in [1.165, 1.54) is 0 Å². The predicted octanol–water partition coefficient (Wildman–Crippen LogP) is 3.07. The van der Waals surface area contributed by atoms with Crippen molar-refractivity contribution >= 4 is 16.8 Å². The molecule has 0 aliphatic heterocycles. The van der Waals surface area contributed by atoms with E-state index >= 15 is 0 Å². The van der Waals surface area contributed by atoms with Gasteiger partial charge >= 0.3 is 0 Å². The largest absolute Gasteiger partial charge is 0.481 e. The fraction of sp³-hybridized carbons (Fsp3) is 0.278. The maximum atomic E-state index is 12.8. The minimum atomic E-state index is -0.167. The smallest absolute Gasteiger partial charge is 0.252 e. The zero-order chi connectivity index (χ0) is 17.3. The molecule has 2 heterocycles. The van der Waals surface area contributed by atoms with Gasteiger partial charge in [-0.15, -0.1) is 0 Å². The number of ether oxygens (including phenoxy) is 1. The number of rotatable bonds is 4. The van der Waals surface area contributed by atoms with E-state index in [0.717, 1.165) is 27.9 Å². The summed E-state index contributed by atoms with van der Waals surface area (Å²) in [7, 11) is 1.54. The molecule has 0 saturated carbocycles. The summed E-state index contributed by atoms with van der Waals surface area (Å²) in [4.78, 5) is 17.2. The minimum absolute atomic E-state index is 0.158. The fourth-order valence-corrected chi connectivity index (χ4v) is 2.99. The van der Waals surface area contributed by atoms with E-state index in [0.29, 0.717) is 11.4 Å². The molecule has 0 aliphatic carbocycles. The predicted molar refractivity (Wildman–Crippen MR) is 92.2 cm³/mol. The molecule has 3 aromatic rings. The summed E-state index contributed by atoms with van der Waals surface area (Å²) >= 11 is 0. The van der Waals surface area contributed by atoms with Crippen molar-refractivity contribution in [1.29, 1.82) is 0 Å². The Bertz CT molecular complexity index is 882. The number of methoxy groups -OCH3 is 1. The lowest BCUT2D eigenvalue weighted by Gasteiger charge is -2.16. The van der Waals surface area contributed by atoms with E-state index in [1.54, 1.807) is 13.2 Å². The van der Waals surface area contributed by atoms with Gasteiger partial charge in [-0.05, 0) is 26.8 Å². The monoisotopic (exact) mass is 324 g/mol. The molecule has 0 radical (unpaired) electrons. The van der Waals surface area contributed by atoms with Crippen molar-refractivity contribution in [3.05, 3.63) is 52.8 Å². The Morgan fingerprint density at radius 3 is 2.71 bits per heavy atom. The first-order chi connectivity index (χ1) is 11.5. The summed E-state index contributed by atoms with van der Waals surface area (Å²) in [5, 5.41) is 11.0. The number of carbonyl (C=O) groups excluding carboxylic acids is 1. The lowest BCUT2D eigenvalue weighted by Crippen LogP contribution is -2.27. The number of aryl methyl sites for hydroxylation is 2. The van der Waals surface area contributed by atoms with Crippen LogP contribution >= 0.6 is 0 Å². The van der Waals surface area contributed by atoms with Crippen LogP contribution in [0.1, 0.15) is 40.3 Å². The molecule has 1 atom stereocenters. The number of hydrogen-bond acceptors (Lipinski definition) is 4. The number of H-pyrrole nitrogens is 1. The average Bonchev–Trinajstić information content (AvgIpc) is 2.92. The van der Waals surface area contributed by atoms with E-state index in [4.69, 9.17) is 4.74 Å². The summed E-state index contributed by atoms with van der Waals surface area (Å²) in [5.41, 5.74) is 4.12. The lowest BCUT2D eigenvalue weighted by molar-refractivity contribution is 0.0941. The van der Waals surface area contributed by atoms with Crippen molar-refractivity contribution in [2.24, 2.45) is 0 Å². The molecule has 0 fully saturated rings. The van der Waals surface area contributed by atoms with Gasteiger partial charge in [0.25, 0.3) is 5.91 Å². The van der Waals surface area contributed by atoms with Crippen molar-refractivity contribution in [2.75, 3.05) is 7.11 Å². The van der Waals surface area contributed by atoms with Crippen molar-refractivity contribution < 1.29 is 9.53 Å². The number of benzene rings is 1. The van der Waals surface area contributed by atoms with Crippen molar-refractivity contribution in [2.45, 2.75) is 26.8 Å². The number of amides is 1. The van der Waals surface area contributed by atoms with E-state index in [9.17, 15) is 4.79 Å². The second-order valence-corrected chi connectivity index (χ2v) is 5.77. The summed E-state index contributed by atoms with van der Waals surface area (Å²) in [6, 6.07) is 9.03. The lowest BCUT2D eigenvalue weighted by atomic mass is 10.0. The van der Waals surface area contributed by atoms with Gasteiger partial charge in [-0.2, -0.15) is 5.10 Å². The number of aromatic nitrogens is 3. The Balaban J connectivity index is 1.97. The van der Waals surface area contributed by atoms with E-state index in [1.807, 2.05) is 45.0 Å². The number of pyridine rings is 1. The zero-order valence-corrected chi connectivity index (χ0v) is 14.2. The Labute approximate surface area is 140 Å². The Morgan fingerprint density at radius 1 is 1.29 bits per heavy atom. The maximum Gasteiger partial charge on any atom is 0.252 e. The number of hydrogen-bond donors (Lipinski definition) is 2. The molecule has 0 saturated heterocycles. The number of fused-ring (bicyclic) bond motifs is 1.